The summed E-state index contributed by atoms with van der Waals surface area (Å²) in [5.41, 5.74) is 31.1. The highest BCUT2D eigenvalue weighted by Gasteiger charge is 2.43. The van der Waals surface area contributed by atoms with Gasteiger partial charge in [-0.25, -0.2) is 0 Å². The van der Waals surface area contributed by atoms with Crippen molar-refractivity contribution in [2.75, 3.05) is 9.80 Å². The highest BCUT2D eigenvalue weighted by atomic mass is 15.1. The Balaban J connectivity index is 0.832. The predicted octanol–water partition coefficient (Wildman–Crippen LogP) is 25.6. The van der Waals surface area contributed by atoms with Crippen LogP contribution in [-0.4, -0.2) is 0 Å². The minimum Gasteiger partial charge on any atom is -0.310 e. The van der Waals surface area contributed by atoms with Crippen LogP contribution in [-0.2, 0) is 67.6 Å². The third kappa shape index (κ3) is 12.8. The van der Waals surface area contributed by atoms with Crippen LogP contribution >= 0.6 is 0 Å². The summed E-state index contributed by atoms with van der Waals surface area (Å²) < 4.78 is 0. The molecule has 0 radical (unpaired) electrons. The van der Waals surface area contributed by atoms with Crippen LogP contribution in [0.25, 0.3) is 33.0 Å². The number of hydrogen-bond donors (Lipinski definition) is 0. The quantitative estimate of drug-likeness (QED) is 0.0431. The van der Waals surface area contributed by atoms with Crippen LogP contribution in [0.4, 0.5) is 34.1 Å². The lowest BCUT2D eigenvalue weighted by atomic mass is 9.68. The van der Waals surface area contributed by atoms with E-state index >= 15 is 0 Å². The summed E-state index contributed by atoms with van der Waals surface area (Å²) in [5.74, 6) is 0. The van der Waals surface area contributed by atoms with Crippen LogP contribution < -0.4 is 9.80 Å². The Labute approximate surface area is 559 Å². The van der Waals surface area contributed by atoms with Crippen molar-refractivity contribution in [1.29, 1.82) is 0 Å². The van der Waals surface area contributed by atoms with Gasteiger partial charge in [-0.05, 0) is 292 Å². The van der Waals surface area contributed by atoms with Crippen LogP contribution in [0, 0.1) is 0 Å². The first-order valence-electron chi connectivity index (χ1n) is 36.5. The first-order chi connectivity index (χ1) is 45.5. The molecule has 0 N–H and O–H groups in total. The Hall–Kier alpha value is -7.94. The Morgan fingerprint density at radius 3 is 1.20 bits per heavy atom. The Kier molecular flexibility index (Phi) is 19.2. The van der Waals surface area contributed by atoms with Crippen molar-refractivity contribution in [3.05, 3.63) is 273 Å². The molecule has 0 saturated carbocycles. The summed E-state index contributed by atoms with van der Waals surface area (Å²) in [4.78, 5) is 4.94. The van der Waals surface area contributed by atoms with Crippen LogP contribution in [0.15, 0.2) is 206 Å². The number of nitrogens with zero attached hydrogens (tertiary/aromatic N) is 2. The van der Waals surface area contributed by atoms with Gasteiger partial charge in [0.1, 0.15) is 0 Å². The van der Waals surface area contributed by atoms with E-state index in [0.717, 1.165) is 81.3 Å². The first kappa shape index (κ1) is 63.8. The summed E-state index contributed by atoms with van der Waals surface area (Å²) in [6.45, 7) is 19.0. The molecule has 0 fully saturated rings. The lowest BCUT2D eigenvalue weighted by Gasteiger charge is -2.35. The van der Waals surface area contributed by atoms with E-state index < -0.39 is 0 Å². The molecule has 0 heterocycles. The molecule has 476 valence electrons. The minimum atomic E-state index is 0.00921. The van der Waals surface area contributed by atoms with Gasteiger partial charge in [-0.3, -0.25) is 0 Å². The Morgan fingerprint density at radius 1 is 0.344 bits per heavy atom. The van der Waals surface area contributed by atoms with Crippen LogP contribution in [0.2, 0.25) is 0 Å². The van der Waals surface area contributed by atoms with Gasteiger partial charge in [-0.1, -0.05) is 221 Å². The summed E-state index contributed by atoms with van der Waals surface area (Å²) in [6, 6.07) is 81.1. The van der Waals surface area contributed by atoms with Gasteiger partial charge in [-0.2, -0.15) is 0 Å². The molecule has 13 rings (SSSR count). The minimum absolute atomic E-state index is 0.00921. The maximum Gasteiger partial charge on any atom is 0.0468 e. The molecule has 0 bridgehead atoms. The zero-order valence-corrected chi connectivity index (χ0v) is 57.6. The lowest BCUT2D eigenvalue weighted by molar-refractivity contribution is 0.401. The molecule has 3 aliphatic rings. The zero-order chi connectivity index (χ0) is 64.1. The third-order valence-electron chi connectivity index (χ3n) is 23.4. The fraction of sp³-hybridized carbons (Fsp3) is 0.363. The summed E-state index contributed by atoms with van der Waals surface area (Å²) in [7, 11) is 0. The Morgan fingerprint density at radius 2 is 0.753 bits per heavy atom. The Bertz CT molecular complexity index is 4180. The van der Waals surface area contributed by atoms with Gasteiger partial charge in [0, 0.05) is 39.5 Å². The molecule has 0 unspecified atom stereocenters. The van der Waals surface area contributed by atoms with E-state index in [4.69, 9.17) is 0 Å². The summed E-state index contributed by atoms with van der Waals surface area (Å²) >= 11 is 0. The second-order valence-electron chi connectivity index (χ2n) is 28.7. The smallest absolute Gasteiger partial charge is 0.0468 e. The SMILES string of the molecule is CCCCCC1(CCCCC)c2cc(-c3ccc(N(c4ccc(CCCc5cccc6c5CC6)cc4)c4ccc5cc(N(c6ccc(CCCc7cccc8c7CC8)cc6)c6ccc(C(C)(CC)CC)cc6)ccc5c4)cc3)ccc2-c2ccc(C(C)(CC)CC)cc21. The van der Waals surface area contributed by atoms with Crippen LogP contribution in [0.5, 0.6) is 0 Å². The third-order valence-corrected chi connectivity index (χ3v) is 23.4. The van der Waals surface area contributed by atoms with Crippen molar-refractivity contribution in [3.8, 4) is 22.3 Å². The average molecular weight is 1220 g/mol. The number of rotatable bonds is 29. The zero-order valence-electron chi connectivity index (χ0n) is 57.6. The van der Waals surface area contributed by atoms with E-state index in [9.17, 15) is 0 Å². The van der Waals surface area contributed by atoms with E-state index in [2.05, 4.69) is 271 Å². The van der Waals surface area contributed by atoms with Gasteiger partial charge >= 0.3 is 0 Å². The maximum atomic E-state index is 2.68. The van der Waals surface area contributed by atoms with E-state index in [1.54, 1.807) is 44.5 Å². The highest BCUT2D eigenvalue weighted by Crippen LogP contribution is 2.56. The van der Waals surface area contributed by atoms with E-state index in [0.29, 0.717) is 0 Å². The molecular formula is C91H102N2. The van der Waals surface area contributed by atoms with Crippen LogP contribution in [0.3, 0.4) is 0 Å². The fourth-order valence-electron chi connectivity index (χ4n) is 16.3. The number of benzene rings is 10. The molecule has 0 aromatic heterocycles. The summed E-state index contributed by atoms with van der Waals surface area (Å²) in [6.07, 6.45) is 26.2. The molecule has 93 heavy (non-hydrogen) atoms. The second kappa shape index (κ2) is 27.9. The first-order valence-corrected chi connectivity index (χ1v) is 36.5. The van der Waals surface area contributed by atoms with E-state index in [1.807, 2.05) is 0 Å². The predicted molar refractivity (Wildman–Crippen MR) is 401 cm³/mol. The molecule has 2 heteroatoms. The maximum absolute atomic E-state index is 2.68. The molecule has 0 spiro atoms. The molecular weight excluding hydrogens is 1120 g/mol. The lowest BCUT2D eigenvalue weighted by Crippen LogP contribution is -2.27. The normalized spacial score (nSPS) is 13.6. The van der Waals surface area contributed by atoms with Crippen molar-refractivity contribution in [3.63, 3.8) is 0 Å². The van der Waals surface area contributed by atoms with Gasteiger partial charge in [0.05, 0.1) is 0 Å². The van der Waals surface area contributed by atoms with Gasteiger partial charge in [0.15, 0.2) is 0 Å². The van der Waals surface area contributed by atoms with Crippen molar-refractivity contribution in [2.45, 2.75) is 213 Å². The molecule has 0 amide bonds. The molecule has 2 nitrogen and oxygen atoms in total. The average Bonchev–Trinajstić information content (AvgIpc) is 1.57. The van der Waals surface area contributed by atoms with Gasteiger partial charge in [0.2, 0.25) is 0 Å². The second-order valence-corrected chi connectivity index (χ2v) is 28.7. The topological polar surface area (TPSA) is 6.48 Å². The standard InChI is InChI=1S/C91H102N2/c1-9-15-17-59-91(60-18-16-10-2)87-63-74(41-57-85(87)86-58-44-76(64-88(86)91)90(8,13-5)14-6)67-35-49-79(50-36-67)92(77-45-31-65(32-46-77)23-19-25-68-27-21-29-70-39-55-83(68)70)81-51-37-73-62-82(52-38-72(73)61-81)93(80-53-42-75(43-54-80)89(7,11-3)12-4)78-47-33-66(34-48-78)24-20-26-69-28-22-30-71-40-56-84(69)71/h21-22,27-38,41-54,57-58,61-64H,9-20,23-26,39-40,55-56,59-60H2,1-8H3. The van der Waals surface area contributed by atoms with E-state index in [1.165, 1.54) is 149 Å². The number of unbranched alkanes of at least 4 members (excludes halogenated alkanes) is 4. The monoisotopic (exact) mass is 1220 g/mol. The van der Waals surface area contributed by atoms with Crippen LogP contribution in [0.1, 0.15) is 212 Å². The number of hydrogen-bond acceptors (Lipinski definition) is 2. The fourth-order valence-corrected chi connectivity index (χ4v) is 16.3. The highest BCUT2D eigenvalue weighted by molar-refractivity contribution is 5.94. The molecule has 3 aliphatic carbocycles. The van der Waals surface area contributed by atoms with Crippen molar-refractivity contribution < 1.29 is 0 Å². The molecule has 10 aromatic carbocycles. The largest absolute Gasteiger partial charge is 0.310 e. The van der Waals surface area contributed by atoms with Gasteiger partial charge < -0.3 is 9.80 Å². The summed E-state index contributed by atoms with van der Waals surface area (Å²) in [5, 5.41) is 2.43. The van der Waals surface area contributed by atoms with Crippen molar-refractivity contribution in [1.82, 2.24) is 0 Å². The van der Waals surface area contributed by atoms with Crippen molar-refractivity contribution >= 4 is 44.9 Å². The van der Waals surface area contributed by atoms with E-state index in [-0.39, 0.29) is 16.2 Å². The molecule has 0 atom stereocenters. The number of anilines is 6. The molecule has 0 saturated heterocycles. The van der Waals surface area contributed by atoms with Crippen molar-refractivity contribution in [2.24, 2.45) is 0 Å². The molecule has 0 aliphatic heterocycles. The van der Waals surface area contributed by atoms with Gasteiger partial charge in [0.25, 0.3) is 0 Å². The van der Waals surface area contributed by atoms with Gasteiger partial charge in [-0.15, -0.1) is 0 Å². The molecule has 10 aromatic rings. The number of aryl methyl sites for hydroxylation is 6. The number of fused-ring (bicyclic) bond motifs is 6.